The second-order valence-corrected chi connectivity index (χ2v) is 6.03. The lowest BCUT2D eigenvalue weighted by Gasteiger charge is -2.17. The first-order valence-electron chi connectivity index (χ1n) is 7.40. The Kier molecular flexibility index (Phi) is 6.27. The lowest BCUT2D eigenvalue weighted by atomic mass is 10.1. The summed E-state index contributed by atoms with van der Waals surface area (Å²) in [6, 6.07) is 17.0. The topological polar surface area (TPSA) is 21.3 Å². The fourth-order valence-electron chi connectivity index (χ4n) is 2.16. The van der Waals surface area contributed by atoms with E-state index in [4.69, 9.17) is 4.74 Å². The highest BCUT2D eigenvalue weighted by Gasteiger charge is 2.08. The molecule has 3 heteroatoms. The maximum atomic E-state index is 5.82. The van der Waals surface area contributed by atoms with Crippen LogP contribution in [0.5, 0.6) is 5.75 Å². The van der Waals surface area contributed by atoms with Crippen LogP contribution in [0, 0.1) is 0 Å². The number of hydrogen-bond acceptors (Lipinski definition) is 2. The van der Waals surface area contributed by atoms with Gasteiger partial charge in [-0.15, -0.1) is 0 Å². The molecule has 1 atom stereocenters. The lowest BCUT2D eigenvalue weighted by molar-refractivity contribution is 0.313. The Hall–Kier alpha value is -1.32. The molecule has 0 saturated carbocycles. The van der Waals surface area contributed by atoms with Gasteiger partial charge in [0.15, 0.2) is 0 Å². The van der Waals surface area contributed by atoms with E-state index < -0.39 is 0 Å². The summed E-state index contributed by atoms with van der Waals surface area (Å²) in [5.41, 5.74) is 2.48. The first kappa shape index (κ1) is 16.1. The number of halogens is 1. The van der Waals surface area contributed by atoms with E-state index in [0.717, 1.165) is 29.8 Å². The van der Waals surface area contributed by atoms with Crippen LogP contribution in [0.1, 0.15) is 37.4 Å². The van der Waals surface area contributed by atoms with Crippen LogP contribution in [0.15, 0.2) is 53.0 Å². The molecule has 2 aromatic carbocycles. The van der Waals surface area contributed by atoms with Gasteiger partial charge in [-0.1, -0.05) is 53.2 Å². The SMILES string of the molecule is CCCOc1ccc(Br)cc1CN[C@@H](C)c1ccccc1. The van der Waals surface area contributed by atoms with Gasteiger partial charge in [0.25, 0.3) is 0 Å². The lowest BCUT2D eigenvalue weighted by Crippen LogP contribution is -2.18. The van der Waals surface area contributed by atoms with Gasteiger partial charge >= 0.3 is 0 Å². The Labute approximate surface area is 135 Å². The van der Waals surface area contributed by atoms with Crippen molar-refractivity contribution in [1.82, 2.24) is 5.32 Å². The molecular weight excluding hydrogens is 326 g/mol. The maximum absolute atomic E-state index is 5.82. The van der Waals surface area contributed by atoms with E-state index in [2.05, 4.69) is 65.4 Å². The van der Waals surface area contributed by atoms with E-state index >= 15 is 0 Å². The highest BCUT2D eigenvalue weighted by atomic mass is 79.9. The molecule has 2 rings (SSSR count). The number of nitrogens with one attached hydrogen (secondary N) is 1. The summed E-state index contributed by atoms with van der Waals surface area (Å²) in [5.74, 6) is 0.966. The molecule has 0 amide bonds. The van der Waals surface area contributed by atoms with Crippen molar-refractivity contribution in [3.05, 3.63) is 64.1 Å². The molecule has 0 spiro atoms. The summed E-state index contributed by atoms with van der Waals surface area (Å²) in [6.45, 7) is 5.84. The molecule has 0 bridgehead atoms. The second kappa shape index (κ2) is 8.20. The Bertz CT molecular complexity index is 556. The zero-order valence-corrected chi connectivity index (χ0v) is 14.2. The predicted octanol–water partition coefficient (Wildman–Crippen LogP) is 5.09. The molecule has 0 saturated heterocycles. The number of rotatable bonds is 7. The number of hydrogen-bond donors (Lipinski definition) is 1. The van der Waals surface area contributed by atoms with E-state index in [1.165, 1.54) is 11.1 Å². The third-order valence-corrected chi connectivity index (χ3v) is 3.88. The summed E-state index contributed by atoms with van der Waals surface area (Å²) < 4.78 is 6.90. The van der Waals surface area contributed by atoms with E-state index in [9.17, 15) is 0 Å². The van der Waals surface area contributed by atoms with Gasteiger partial charge in [0.1, 0.15) is 5.75 Å². The second-order valence-electron chi connectivity index (χ2n) is 5.11. The van der Waals surface area contributed by atoms with Crippen molar-refractivity contribution in [1.29, 1.82) is 0 Å². The van der Waals surface area contributed by atoms with Crippen molar-refractivity contribution in [3.63, 3.8) is 0 Å². The molecular formula is C18H22BrNO. The monoisotopic (exact) mass is 347 g/mol. The van der Waals surface area contributed by atoms with Crippen LogP contribution in [0.4, 0.5) is 0 Å². The zero-order valence-electron chi connectivity index (χ0n) is 12.6. The Morgan fingerprint density at radius 2 is 1.90 bits per heavy atom. The molecule has 0 fully saturated rings. The van der Waals surface area contributed by atoms with Gasteiger partial charge in [-0.3, -0.25) is 0 Å². The van der Waals surface area contributed by atoms with Gasteiger partial charge in [0.05, 0.1) is 6.61 Å². The molecule has 0 aromatic heterocycles. The molecule has 0 aliphatic carbocycles. The molecule has 2 nitrogen and oxygen atoms in total. The largest absolute Gasteiger partial charge is 0.493 e. The Balaban J connectivity index is 2.03. The number of ether oxygens (including phenoxy) is 1. The highest BCUT2D eigenvalue weighted by molar-refractivity contribution is 9.10. The molecule has 0 aliphatic heterocycles. The van der Waals surface area contributed by atoms with Crippen molar-refractivity contribution in [2.45, 2.75) is 32.9 Å². The normalized spacial score (nSPS) is 12.1. The van der Waals surface area contributed by atoms with Crippen molar-refractivity contribution in [2.75, 3.05) is 6.61 Å². The van der Waals surface area contributed by atoms with Crippen LogP contribution in [0.25, 0.3) is 0 Å². The van der Waals surface area contributed by atoms with Crippen LogP contribution in [0.2, 0.25) is 0 Å². The van der Waals surface area contributed by atoms with Gasteiger partial charge in [0, 0.05) is 22.6 Å². The fourth-order valence-corrected chi connectivity index (χ4v) is 2.57. The molecule has 2 aromatic rings. The minimum Gasteiger partial charge on any atom is -0.493 e. The predicted molar refractivity (Wildman–Crippen MR) is 91.6 cm³/mol. The minimum absolute atomic E-state index is 0.309. The average Bonchev–Trinajstić information content (AvgIpc) is 2.52. The van der Waals surface area contributed by atoms with Gasteiger partial charge < -0.3 is 10.1 Å². The summed E-state index contributed by atoms with van der Waals surface area (Å²) in [4.78, 5) is 0. The number of benzene rings is 2. The summed E-state index contributed by atoms with van der Waals surface area (Å²) >= 11 is 3.53. The molecule has 0 heterocycles. The Morgan fingerprint density at radius 3 is 2.62 bits per heavy atom. The van der Waals surface area contributed by atoms with Gasteiger partial charge in [-0.05, 0) is 37.1 Å². The third kappa shape index (κ3) is 4.87. The minimum atomic E-state index is 0.309. The molecule has 0 aliphatic rings. The molecule has 0 radical (unpaired) electrons. The first-order valence-corrected chi connectivity index (χ1v) is 8.19. The van der Waals surface area contributed by atoms with Crippen LogP contribution < -0.4 is 10.1 Å². The van der Waals surface area contributed by atoms with E-state index in [-0.39, 0.29) is 0 Å². The highest BCUT2D eigenvalue weighted by Crippen LogP contribution is 2.24. The molecule has 0 unspecified atom stereocenters. The van der Waals surface area contributed by atoms with E-state index in [1.807, 2.05) is 18.2 Å². The van der Waals surface area contributed by atoms with E-state index in [0.29, 0.717) is 6.04 Å². The van der Waals surface area contributed by atoms with Crippen LogP contribution in [-0.4, -0.2) is 6.61 Å². The standard InChI is InChI=1S/C18H22BrNO/c1-3-11-21-18-10-9-17(19)12-16(18)13-20-14(2)15-7-5-4-6-8-15/h4-10,12,14,20H,3,11,13H2,1-2H3/t14-/m0/s1. The average molecular weight is 348 g/mol. The van der Waals surface area contributed by atoms with Crippen LogP contribution in [0.3, 0.4) is 0 Å². The van der Waals surface area contributed by atoms with Crippen molar-refractivity contribution in [2.24, 2.45) is 0 Å². The van der Waals surface area contributed by atoms with Gasteiger partial charge in [-0.25, -0.2) is 0 Å². The van der Waals surface area contributed by atoms with Crippen molar-refractivity contribution in [3.8, 4) is 5.75 Å². The summed E-state index contributed by atoms with van der Waals surface area (Å²) in [6.07, 6.45) is 1.02. The van der Waals surface area contributed by atoms with Crippen LogP contribution in [-0.2, 0) is 6.54 Å². The van der Waals surface area contributed by atoms with Gasteiger partial charge in [0.2, 0.25) is 0 Å². The maximum Gasteiger partial charge on any atom is 0.123 e. The zero-order chi connectivity index (χ0) is 15.1. The fraction of sp³-hybridized carbons (Fsp3) is 0.333. The van der Waals surface area contributed by atoms with Crippen molar-refractivity contribution < 1.29 is 4.74 Å². The van der Waals surface area contributed by atoms with Gasteiger partial charge in [-0.2, -0.15) is 0 Å². The van der Waals surface area contributed by atoms with Crippen molar-refractivity contribution >= 4 is 15.9 Å². The molecule has 21 heavy (non-hydrogen) atoms. The third-order valence-electron chi connectivity index (χ3n) is 3.38. The quantitative estimate of drug-likeness (QED) is 0.753. The molecule has 112 valence electrons. The summed E-state index contributed by atoms with van der Waals surface area (Å²) in [5, 5.41) is 3.56. The molecule has 1 N–H and O–H groups in total. The first-order chi connectivity index (χ1) is 10.2. The van der Waals surface area contributed by atoms with E-state index in [1.54, 1.807) is 0 Å². The summed E-state index contributed by atoms with van der Waals surface area (Å²) in [7, 11) is 0. The smallest absolute Gasteiger partial charge is 0.123 e. The van der Waals surface area contributed by atoms with Crippen LogP contribution >= 0.6 is 15.9 Å². The Morgan fingerprint density at radius 1 is 1.14 bits per heavy atom.